The van der Waals surface area contributed by atoms with E-state index in [1.807, 2.05) is 10.8 Å². The van der Waals surface area contributed by atoms with Gasteiger partial charge in [-0.05, 0) is 12.1 Å². The second-order valence-electron chi connectivity index (χ2n) is 3.75. The molecule has 0 fully saturated rings. The second-order valence-corrected chi connectivity index (χ2v) is 6.70. The van der Waals surface area contributed by atoms with Crippen molar-refractivity contribution in [1.29, 1.82) is 0 Å². The number of benzene rings is 1. The van der Waals surface area contributed by atoms with E-state index in [1.165, 1.54) is 11.3 Å². The zero-order valence-electron chi connectivity index (χ0n) is 9.73. The molecule has 0 bridgehead atoms. The van der Waals surface area contributed by atoms with Crippen LogP contribution in [0.5, 0.6) is 0 Å². The fourth-order valence-corrected chi connectivity index (χ4v) is 3.51. The highest BCUT2D eigenvalue weighted by molar-refractivity contribution is 7.15. The highest BCUT2D eigenvalue weighted by Gasteiger charge is 2.09. The molecule has 3 rings (SSSR count). The van der Waals surface area contributed by atoms with Gasteiger partial charge in [-0.15, -0.1) is 22.7 Å². The van der Waals surface area contributed by atoms with E-state index in [0.29, 0.717) is 15.1 Å². The fourth-order valence-electron chi connectivity index (χ4n) is 1.53. The first-order valence-corrected chi connectivity index (χ1v) is 8.30. The van der Waals surface area contributed by atoms with Crippen LogP contribution in [-0.4, -0.2) is 9.97 Å². The van der Waals surface area contributed by atoms with Gasteiger partial charge in [0.25, 0.3) is 0 Å². The molecule has 0 aliphatic carbocycles. The Morgan fingerprint density at radius 2 is 1.80 bits per heavy atom. The summed E-state index contributed by atoms with van der Waals surface area (Å²) < 4.78 is 0. The van der Waals surface area contributed by atoms with Crippen molar-refractivity contribution in [3.63, 3.8) is 0 Å². The summed E-state index contributed by atoms with van der Waals surface area (Å²) in [7, 11) is 0. The van der Waals surface area contributed by atoms with Crippen molar-refractivity contribution in [1.82, 2.24) is 9.97 Å². The van der Waals surface area contributed by atoms with Crippen LogP contribution in [0.15, 0.2) is 29.1 Å². The number of halogens is 3. The zero-order chi connectivity index (χ0) is 14.1. The van der Waals surface area contributed by atoms with Crippen LogP contribution in [0.2, 0.25) is 15.1 Å². The first-order chi connectivity index (χ1) is 9.63. The number of aromatic nitrogens is 2. The van der Waals surface area contributed by atoms with Crippen LogP contribution >= 0.6 is 57.5 Å². The molecule has 0 spiro atoms. The quantitative estimate of drug-likeness (QED) is 0.583. The van der Waals surface area contributed by atoms with Gasteiger partial charge < -0.3 is 5.32 Å². The van der Waals surface area contributed by atoms with Gasteiger partial charge in [-0.25, -0.2) is 9.97 Å². The lowest BCUT2D eigenvalue weighted by Gasteiger charge is -2.05. The molecule has 3 aromatic rings. The van der Waals surface area contributed by atoms with Gasteiger partial charge in [-0.2, -0.15) is 0 Å². The average molecular weight is 363 g/mol. The maximum atomic E-state index is 5.99. The van der Waals surface area contributed by atoms with Crippen molar-refractivity contribution in [2.75, 3.05) is 5.32 Å². The molecule has 8 heteroatoms. The third kappa shape index (κ3) is 2.92. The summed E-state index contributed by atoms with van der Waals surface area (Å²) in [6.45, 7) is 0. The number of nitrogens with one attached hydrogen (secondary N) is 1. The van der Waals surface area contributed by atoms with E-state index in [4.69, 9.17) is 34.8 Å². The number of anilines is 2. The largest absolute Gasteiger partial charge is 0.331 e. The molecule has 0 amide bonds. The van der Waals surface area contributed by atoms with E-state index in [2.05, 4.69) is 15.3 Å². The second kappa shape index (κ2) is 5.87. The lowest BCUT2D eigenvalue weighted by Crippen LogP contribution is -1.90. The SMILES string of the molecule is Clc1cc(Nc2nc(-c3nccs3)cs2)cc(Cl)c1Cl. The lowest BCUT2D eigenvalue weighted by molar-refractivity contribution is 1.33. The normalized spacial score (nSPS) is 10.8. The van der Waals surface area contributed by atoms with Crippen LogP contribution in [0.3, 0.4) is 0 Å². The smallest absolute Gasteiger partial charge is 0.187 e. The van der Waals surface area contributed by atoms with Crippen LogP contribution < -0.4 is 5.32 Å². The minimum atomic E-state index is 0.349. The minimum absolute atomic E-state index is 0.349. The van der Waals surface area contributed by atoms with Gasteiger partial charge in [-0.1, -0.05) is 34.8 Å². The molecule has 20 heavy (non-hydrogen) atoms. The van der Waals surface area contributed by atoms with Crippen LogP contribution in [-0.2, 0) is 0 Å². The summed E-state index contributed by atoms with van der Waals surface area (Å²) in [5.41, 5.74) is 1.59. The number of hydrogen-bond acceptors (Lipinski definition) is 5. The molecule has 2 aromatic heterocycles. The van der Waals surface area contributed by atoms with Crippen LogP contribution in [0.25, 0.3) is 10.7 Å². The molecule has 0 saturated heterocycles. The topological polar surface area (TPSA) is 37.8 Å². The van der Waals surface area contributed by atoms with Gasteiger partial charge in [0.05, 0.1) is 15.1 Å². The number of hydrogen-bond donors (Lipinski definition) is 1. The van der Waals surface area contributed by atoms with Crippen molar-refractivity contribution in [3.05, 3.63) is 44.2 Å². The highest BCUT2D eigenvalue weighted by Crippen LogP contribution is 2.35. The Morgan fingerprint density at radius 3 is 2.45 bits per heavy atom. The summed E-state index contributed by atoms with van der Waals surface area (Å²) in [5, 5.41) is 9.80. The standard InChI is InChI=1S/C12H6Cl3N3S2/c13-7-3-6(4-8(14)10(7)15)17-12-18-9(5-20-12)11-16-1-2-19-11/h1-5H,(H,17,18). The summed E-state index contributed by atoms with van der Waals surface area (Å²) in [6, 6.07) is 3.42. The predicted molar refractivity (Wildman–Crippen MR) is 88.0 cm³/mol. The van der Waals surface area contributed by atoms with Crippen molar-refractivity contribution in [2.45, 2.75) is 0 Å². The Bertz CT molecular complexity index is 717. The summed E-state index contributed by atoms with van der Waals surface area (Å²) in [4.78, 5) is 8.69. The van der Waals surface area contributed by atoms with Crippen molar-refractivity contribution in [2.24, 2.45) is 0 Å². The van der Waals surface area contributed by atoms with E-state index >= 15 is 0 Å². The van der Waals surface area contributed by atoms with Crippen LogP contribution in [0.4, 0.5) is 10.8 Å². The molecule has 1 aromatic carbocycles. The molecular formula is C12H6Cl3N3S2. The third-order valence-electron chi connectivity index (χ3n) is 2.39. The Balaban J connectivity index is 1.85. The van der Waals surface area contributed by atoms with Gasteiger partial charge in [0.2, 0.25) is 0 Å². The molecule has 3 nitrogen and oxygen atoms in total. The zero-order valence-corrected chi connectivity index (χ0v) is 13.6. The van der Waals surface area contributed by atoms with Gasteiger partial charge in [0.15, 0.2) is 5.13 Å². The van der Waals surface area contributed by atoms with Crippen molar-refractivity contribution in [3.8, 4) is 10.7 Å². The van der Waals surface area contributed by atoms with Crippen molar-refractivity contribution < 1.29 is 0 Å². The molecular weight excluding hydrogens is 357 g/mol. The maximum Gasteiger partial charge on any atom is 0.187 e. The molecule has 0 radical (unpaired) electrons. The van der Waals surface area contributed by atoms with Gasteiger partial charge in [0, 0.05) is 22.6 Å². The summed E-state index contributed by atoms with van der Waals surface area (Å²) in [5.74, 6) is 0. The first-order valence-electron chi connectivity index (χ1n) is 5.40. The monoisotopic (exact) mass is 361 g/mol. The molecule has 1 N–H and O–H groups in total. The van der Waals surface area contributed by atoms with E-state index < -0.39 is 0 Å². The average Bonchev–Trinajstić information content (AvgIpc) is 3.05. The van der Waals surface area contributed by atoms with Gasteiger partial charge >= 0.3 is 0 Å². The Kier molecular flexibility index (Phi) is 4.14. The Hall–Kier alpha value is -0.850. The lowest BCUT2D eigenvalue weighted by atomic mass is 10.3. The molecule has 102 valence electrons. The van der Waals surface area contributed by atoms with E-state index in [1.54, 1.807) is 29.7 Å². The molecule has 0 atom stereocenters. The number of nitrogens with zero attached hydrogens (tertiary/aromatic N) is 2. The van der Waals surface area contributed by atoms with Gasteiger partial charge in [0.1, 0.15) is 10.7 Å². The van der Waals surface area contributed by atoms with E-state index in [-0.39, 0.29) is 0 Å². The minimum Gasteiger partial charge on any atom is -0.331 e. The van der Waals surface area contributed by atoms with E-state index in [9.17, 15) is 0 Å². The van der Waals surface area contributed by atoms with Crippen LogP contribution in [0, 0.1) is 0 Å². The Labute approximate surface area is 138 Å². The number of rotatable bonds is 3. The van der Waals surface area contributed by atoms with Crippen molar-refractivity contribution >= 4 is 68.3 Å². The van der Waals surface area contributed by atoms with E-state index in [0.717, 1.165) is 21.5 Å². The molecule has 0 saturated carbocycles. The molecule has 2 heterocycles. The number of thiazole rings is 2. The third-order valence-corrected chi connectivity index (χ3v) is 5.14. The first kappa shape index (κ1) is 14.1. The Morgan fingerprint density at radius 1 is 1.05 bits per heavy atom. The molecule has 0 unspecified atom stereocenters. The molecule has 0 aliphatic heterocycles. The fraction of sp³-hybridized carbons (Fsp3) is 0. The summed E-state index contributed by atoms with van der Waals surface area (Å²) in [6.07, 6.45) is 1.76. The molecule has 0 aliphatic rings. The predicted octanol–water partition coefficient (Wildman–Crippen LogP) is 5.97. The maximum absolute atomic E-state index is 5.99. The highest BCUT2D eigenvalue weighted by atomic mass is 35.5. The van der Waals surface area contributed by atoms with Gasteiger partial charge in [-0.3, -0.25) is 0 Å². The summed E-state index contributed by atoms with van der Waals surface area (Å²) >= 11 is 20.9. The van der Waals surface area contributed by atoms with Crippen LogP contribution in [0.1, 0.15) is 0 Å².